The number of hydrogen-bond acceptors (Lipinski definition) is 5. The van der Waals surface area contributed by atoms with Crippen molar-refractivity contribution in [3.05, 3.63) is 47.0 Å². The first-order valence-electron chi connectivity index (χ1n) is 10.4. The Kier molecular flexibility index (Phi) is 4.83. The largest absolute Gasteiger partial charge is 0.497 e. The van der Waals surface area contributed by atoms with E-state index in [1.807, 2.05) is 12.1 Å². The fourth-order valence-electron chi connectivity index (χ4n) is 5.55. The standard InChI is InChI=1S/C23H24ClN3O4/c1-30-14-8-9-19(31-2)18(12-14)25-21(28)16-11-13-5-4-10-27(13)23(16)15-6-3-7-17(24)20(15)26-22(23)29/h3,6-9,12-13,16H,4-5,10-11H2,1-2H3,(H,25,28)(H,26,29)/t13-,16-,23+/m0/s1. The second kappa shape index (κ2) is 7.43. The van der Waals surface area contributed by atoms with Crippen LogP contribution in [0.5, 0.6) is 11.5 Å². The lowest BCUT2D eigenvalue weighted by atomic mass is 9.78. The molecule has 2 N–H and O–H groups in total. The van der Waals surface area contributed by atoms with Gasteiger partial charge >= 0.3 is 0 Å². The third-order valence-electron chi connectivity index (χ3n) is 6.83. The summed E-state index contributed by atoms with van der Waals surface area (Å²) >= 11 is 6.41. The predicted octanol–water partition coefficient (Wildman–Crippen LogP) is 3.63. The van der Waals surface area contributed by atoms with Gasteiger partial charge in [-0.25, -0.2) is 0 Å². The zero-order chi connectivity index (χ0) is 21.8. The van der Waals surface area contributed by atoms with Gasteiger partial charge < -0.3 is 20.1 Å². The normalized spacial score (nSPS) is 26.5. The number of benzene rings is 2. The number of nitrogens with one attached hydrogen (secondary N) is 2. The van der Waals surface area contributed by atoms with Crippen molar-refractivity contribution in [2.75, 3.05) is 31.4 Å². The quantitative estimate of drug-likeness (QED) is 0.757. The smallest absolute Gasteiger partial charge is 0.250 e. The Morgan fingerprint density at radius 2 is 2.10 bits per heavy atom. The highest BCUT2D eigenvalue weighted by molar-refractivity contribution is 6.35. The molecule has 0 bridgehead atoms. The molecule has 2 aromatic rings. The number of carbonyl (C=O) groups is 2. The SMILES string of the molecule is COc1ccc(OC)c(NC(=O)[C@@H]2C[C@@H]3CCCN3[C@@]23C(=O)Nc2c(Cl)cccc23)c1. The van der Waals surface area contributed by atoms with E-state index in [-0.39, 0.29) is 17.9 Å². The number of carbonyl (C=O) groups excluding carboxylic acids is 2. The van der Waals surface area contributed by atoms with Crippen LogP contribution < -0.4 is 20.1 Å². The van der Waals surface area contributed by atoms with Crippen LogP contribution >= 0.6 is 11.6 Å². The lowest BCUT2D eigenvalue weighted by Gasteiger charge is -2.36. The van der Waals surface area contributed by atoms with Crippen molar-refractivity contribution in [1.29, 1.82) is 0 Å². The van der Waals surface area contributed by atoms with Gasteiger partial charge in [0.1, 0.15) is 17.0 Å². The van der Waals surface area contributed by atoms with E-state index < -0.39 is 11.5 Å². The molecule has 3 aliphatic rings. The van der Waals surface area contributed by atoms with Crippen LogP contribution in [-0.2, 0) is 15.1 Å². The minimum Gasteiger partial charge on any atom is -0.497 e. The van der Waals surface area contributed by atoms with Gasteiger partial charge in [0.2, 0.25) is 11.8 Å². The molecule has 5 rings (SSSR count). The maximum Gasteiger partial charge on any atom is 0.250 e. The van der Waals surface area contributed by atoms with Crippen molar-refractivity contribution in [2.24, 2.45) is 5.92 Å². The third-order valence-corrected chi connectivity index (χ3v) is 7.15. The average Bonchev–Trinajstić information content (AvgIpc) is 3.43. The van der Waals surface area contributed by atoms with Gasteiger partial charge in [0.15, 0.2) is 0 Å². The zero-order valence-electron chi connectivity index (χ0n) is 17.4. The average molecular weight is 442 g/mol. The molecular weight excluding hydrogens is 418 g/mol. The molecule has 3 heterocycles. The van der Waals surface area contributed by atoms with E-state index in [0.29, 0.717) is 34.3 Å². The third kappa shape index (κ3) is 2.83. The number of hydrogen-bond donors (Lipinski definition) is 2. The summed E-state index contributed by atoms with van der Waals surface area (Å²) in [6.45, 7) is 0.774. The number of amides is 2. The van der Waals surface area contributed by atoms with Gasteiger partial charge in [-0.05, 0) is 44.0 Å². The molecule has 2 amide bonds. The van der Waals surface area contributed by atoms with Crippen molar-refractivity contribution in [2.45, 2.75) is 30.8 Å². The minimum atomic E-state index is -1.06. The van der Waals surface area contributed by atoms with Gasteiger partial charge in [0, 0.05) is 17.7 Å². The molecule has 1 spiro atoms. The van der Waals surface area contributed by atoms with Crippen molar-refractivity contribution >= 4 is 34.8 Å². The van der Waals surface area contributed by atoms with Crippen molar-refractivity contribution in [3.63, 3.8) is 0 Å². The number of ether oxygens (including phenoxy) is 2. The summed E-state index contributed by atoms with van der Waals surface area (Å²) in [7, 11) is 3.12. The van der Waals surface area contributed by atoms with Gasteiger partial charge in [-0.1, -0.05) is 23.7 Å². The van der Waals surface area contributed by atoms with Crippen molar-refractivity contribution in [1.82, 2.24) is 4.90 Å². The Labute approximate surface area is 185 Å². The van der Waals surface area contributed by atoms with Gasteiger partial charge in [-0.2, -0.15) is 0 Å². The zero-order valence-corrected chi connectivity index (χ0v) is 18.2. The van der Waals surface area contributed by atoms with Crippen LogP contribution in [0.25, 0.3) is 0 Å². The first-order chi connectivity index (χ1) is 15.0. The Hall–Kier alpha value is -2.77. The second-order valence-electron chi connectivity index (χ2n) is 8.22. The van der Waals surface area contributed by atoms with Crippen molar-refractivity contribution in [3.8, 4) is 11.5 Å². The number of fused-ring (bicyclic) bond motifs is 4. The molecule has 2 aromatic carbocycles. The van der Waals surface area contributed by atoms with E-state index >= 15 is 0 Å². The topological polar surface area (TPSA) is 79.9 Å². The molecule has 0 aromatic heterocycles. The van der Waals surface area contributed by atoms with E-state index in [0.717, 1.165) is 24.9 Å². The van der Waals surface area contributed by atoms with Crippen LogP contribution in [0, 0.1) is 5.92 Å². The molecule has 0 unspecified atom stereocenters. The van der Waals surface area contributed by atoms with Crippen molar-refractivity contribution < 1.29 is 19.1 Å². The minimum absolute atomic E-state index is 0.179. The van der Waals surface area contributed by atoms with Crippen LogP contribution in [-0.4, -0.2) is 43.5 Å². The first-order valence-corrected chi connectivity index (χ1v) is 10.8. The molecule has 162 valence electrons. The highest BCUT2D eigenvalue weighted by Gasteiger charge is 2.65. The monoisotopic (exact) mass is 441 g/mol. The fraction of sp³-hybridized carbons (Fsp3) is 0.391. The first kappa shape index (κ1) is 20.2. The number of rotatable bonds is 4. The molecule has 3 aliphatic heterocycles. The Morgan fingerprint density at radius 3 is 2.87 bits per heavy atom. The van der Waals surface area contributed by atoms with Crippen LogP contribution in [0.15, 0.2) is 36.4 Å². The summed E-state index contributed by atoms with van der Waals surface area (Å²) in [6, 6.07) is 10.9. The Balaban J connectivity index is 1.58. The lowest BCUT2D eigenvalue weighted by molar-refractivity contribution is -0.135. The molecule has 2 saturated heterocycles. The summed E-state index contributed by atoms with van der Waals surface area (Å²) in [4.78, 5) is 29.4. The Morgan fingerprint density at radius 1 is 1.26 bits per heavy atom. The van der Waals surface area contributed by atoms with E-state index in [1.54, 1.807) is 38.5 Å². The summed E-state index contributed by atoms with van der Waals surface area (Å²) < 4.78 is 10.7. The number of halogens is 1. The maximum atomic E-state index is 13.7. The molecule has 0 radical (unpaired) electrons. The van der Waals surface area contributed by atoms with E-state index in [4.69, 9.17) is 21.1 Å². The number of nitrogens with zero attached hydrogens (tertiary/aromatic N) is 1. The number of anilines is 2. The van der Waals surface area contributed by atoms with Gasteiger partial charge in [-0.15, -0.1) is 0 Å². The summed E-state index contributed by atoms with van der Waals surface area (Å²) in [5.41, 5.74) is 0.849. The highest BCUT2D eigenvalue weighted by Crippen LogP contribution is 2.56. The van der Waals surface area contributed by atoms with Crippen LogP contribution in [0.2, 0.25) is 5.02 Å². The lowest BCUT2D eigenvalue weighted by Crippen LogP contribution is -2.53. The maximum absolute atomic E-state index is 13.7. The molecular formula is C23H24ClN3O4. The predicted molar refractivity (Wildman–Crippen MR) is 118 cm³/mol. The molecule has 0 aliphatic carbocycles. The Bertz CT molecular complexity index is 1070. The second-order valence-corrected chi connectivity index (χ2v) is 8.62. The van der Waals surface area contributed by atoms with E-state index in [2.05, 4.69) is 15.5 Å². The number of para-hydroxylation sites is 1. The summed E-state index contributed by atoms with van der Waals surface area (Å²) in [5.74, 6) is 0.171. The summed E-state index contributed by atoms with van der Waals surface area (Å²) in [5, 5.41) is 6.45. The van der Waals surface area contributed by atoms with Gasteiger partial charge in [0.25, 0.3) is 0 Å². The van der Waals surface area contributed by atoms with E-state index in [1.165, 1.54) is 0 Å². The highest BCUT2D eigenvalue weighted by atomic mass is 35.5. The molecule has 31 heavy (non-hydrogen) atoms. The number of methoxy groups -OCH3 is 2. The molecule has 8 heteroatoms. The van der Waals surface area contributed by atoms with Crippen LogP contribution in [0.1, 0.15) is 24.8 Å². The van der Waals surface area contributed by atoms with Gasteiger partial charge in [-0.3, -0.25) is 14.5 Å². The molecule has 3 atom stereocenters. The molecule has 7 nitrogen and oxygen atoms in total. The van der Waals surface area contributed by atoms with E-state index in [9.17, 15) is 9.59 Å². The van der Waals surface area contributed by atoms with Gasteiger partial charge in [0.05, 0.1) is 36.5 Å². The van der Waals surface area contributed by atoms with Crippen LogP contribution in [0.3, 0.4) is 0 Å². The van der Waals surface area contributed by atoms with Crippen LogP contribution in [0.4, 0.5) is 11.4 Å². The molecule has 2 fully saturated rings. The molecule has 0 saturated carbocycles. The fourth-order valence-corrected chi connectivity index (χ4v) is 5.77. The summed E-state index contributed by atoms with van der Waals surface area (Å²) in [6.07, 6.45) is 2.59.